The molecule has 0 saturated heterocycles. The summed E-state index contributed by atoms with van der Waals surface area (Å²) < 4.78 is 48.2. The van der Waals surface area contributed by atoms with E-state index in [9.17, 15) is 14.4 Å². The van der Waals surface area contributed by atoms with Crippen molar-refractivity contribution < 1.29 is 57.0 Å². The van der Waals surface area contributed by atoms with E-state index in [1.54, 1.807) is 34.6 Å². The minimum atomic E-state index is -0.838. The predicted octanol–water partition coefficient (Wildman–Crippen LogP) is 0.165. The molecule has 0 aromatic rings. The number of hydrazine groups is 1. The number of hydrogen-bond acceptors (Lipinski definition) is 13. The van der Waals surface area contributed by atoms with Crippen molar-refractivity contribution in [3.8, 4) is 0 Å². The highest BCUT2D eigenvalue weighted by molar-refractivity contribution is 5.88. The number of nitrogens with two attached hydrogens (primary N) is 1. The first-order valence-corrected chi connectivity index (χ1v) is 15.5. The zero-order chi connectivity index (χ0) is 33.6. The lowest BCUT2D eigenvalue weighted by molar-refractivity contribution is -0.131. The maximum Gasteiger partial charge on any atom is 0.426 e. The molecule has 0 heterocycles. The van der Waals surface area contributed by atoms with Gasteiger partial charge in [-0.05, 0) is 26.7 Å². The van der Waals surface area contributed by atoms with Gasteiger partial charge in [-0.15, -0.1) is 0 Å². The van der Waals surface area contributed by atoms with Crippen LogP contribution in [0.2, 0.25) is 0 Å². The van der Waals surface area contributed by atoms with Crippen molar-refractivity contribution in [1.82, 2.24) is 16.2 Å². The third-order valence-corrected chi connectivity index (χ3v) is 5.29. The molecule has 0 unspecified atom stereocenters. The molecular weight excluding hydrogens is 596 g/mol. The Kier molecular flexibility index (Phi) is 27.9. The van der Waals surface area contributed by atoms with Crippen LogP contribution in [-0.4, -0.2) is 142 Å². The monoisotopic (exact) mass is 654 g/mol. The highest BCUT2D eigenvalue weighted by Gasteiger charge is 2.25. The average molecular weight is 655 g/mol. The molecule has 3 amide bonds. The van der Waals surface area contributed by atoms with Gasteiger partial charge in [-0.1, -0.05) is 13.8 Å². The van der Waals surface area contributed by atoms with Crippen LogP contribution in [0.25, 0.3) is 0 Å². The van der Waals surface area contributed by atoms with Gasteiger partial charge in [0.2, 0.25) is 5.91 Å². The molecule has 0 saturated carbocycles. The van der Waals surface area contributed by atoms with Gasteiger partial charge in [-0.3, -0.25) is 15.0 Å². The van der Waals surface area contributed by atoms with Crippen molar-refractivity contribution >= 4 is 17.9 Å². The maximum absolute atomic E-state index is 12.4. The molecule has 5 N–H and O–H groups in total. The third-order valence-electron chi connectivity index (χ3n) is 5.29. The topological polar surface area (TPSA) is 196 Å². The van der Waals surface area contributed by atoms with Gasteiger partial charge in [-0.2, -0.15) is 0 Å². The van der Waals surface area contributed by atoms with Gasteiger partial charge >= 0.3 is 6.09 Å². The van der Waals surface area contributed by atoms with E-state index < -0.39 is 23.6 Å². The number of carbonyl (C=O) groups excluding carboxylic acids is 3. The first kappa shape index (κ1) is 42.9. The number of rotatable bonds is 29. The number of amides is 3. The summed E-state index contributed by atoms with van der Waals surface area (Å²) in [5.41, 5.74) is 9.07. The second kappa shape index (κ2) is 29.3. The molecule has 0 aliphatic heterocycles. The Labute approximate surface area is 267 Å². The summed E-state index contributed by atoms with van der Waals surface area (Å²) in [5, 5.41) is 2.65. The number of hydrogen-bond donors (Lipinski definition) is 4. The first-order valence-electron chi connectivity index (χ1n) is 15.5. The molecule has 0 radical (unpaired) electrons. The highest BCUT2D eigenvalue weighted by atomic mass is 16.6. The van der Waals surface area contributed by atoms with Crippen LogP contribution in [0.5, 0.6) is 0 Å². The predicted molar refractivity (Wildman–Crippen MR) is 165 cm³/mol. The Morgan fingerprint density at radius 3 is 1.27 bits per heavy atom. The SMILES string of the molecule is CC(C)[C@H](NC(=O)CCOCCOCCOCCOCCOCCOCCOCCOCCN)C(=O)NNC(=O)OC(C)(C)C. The van der Waals surface area contributed by atoms with Crippen LogP contribution in [0.4, 0.5) is 4.79 Å². The summed E-state index contributed by atoms with van der Waals surface area (Å²) in [7, 11) is 0. The normalized spacial score (nSPS) is 12.2. The van der Waals surface area contributed by atoms with Crippen LogP contribution < -0.4 is 21.9 Å². The van der Waals surface area contributed by atoms with Gasteiger partial charge in [-0.25, -0.2) is 10.2 Å². The fraction of sp³-hybridized carbons (Fsp3) is 0.897. The van der Waals surface area contributed by atoms with Crippen LogP contribution in [0, 0.1) is 5.92 Å². The lowest BCUT2D eigenvalue weighted by Gasteiger charge is -2.23. The second-order valence-corrected chi connectivity index (χ2v) is 10.8. The molecule has 0 aromatic carbocycles. The molecule has 0 aliphatic carbocycles. The van der Waals surface area contributed by atoms with E-state index >= 15 is 0 Å². The Balaban J connectivity index is 3.53. The van der Waals surface area contributed by atoms with E-state index in [1.165, 1.54) is 0 Å². The van der Waals surface area contributed by atoms with Crippen molar-refractivity contribution in [3.05, 3.63) is 0 Å². The molecule has 45 heavy (non-hydrogen) atoms. The molecule has 0 aromatic heterocycles. The van der Waals surface area contributed by atoms with E-state index in [0.29, 0.717) is 106 Å². The summed E-state index contributed by atoms with van der Waals surface area (Å²) in [6, 6.07) is -0.838. The van der Waals surface area contributed by atoms with Crippen molar-refractivity contribution in [2.45, 2.75) is 52.7 Å². The van der Waals surface area contributed by atoms with Crippen molar-refractivity contribution in [1.29, 1.82) is 0 Å². The van der Waals surface area contributed by atoms with Crippen LogP contribution in [0.15, 0.2) is 0 Å². The van der Waals surface area contributed by atoms with Crippen LogP contribution >= 0.6 is 0 Å². The fourth-order valence-corrected chi connectivity index (χ4v) is 3.16. The molecule has 0 fully saturated rings. The second-order valence-electron chi connectivity index (χ2n) is 10.8. The first-order chi connectivity index (χ1) is 21.6. The van der Waals surface area contributed by atoms with E-state index in [2.05, 4.69) is 16.2 Å². The summed E-state index contributed by atoms with van der Waals surface area (Å²) in [6.07, 6.45) is -0.725. The Morgan fingerprint density at radius 1 is 0.578 bits per heavy atom. The van der Waals surface area contributed by atoms with Crippen LogP contribution in [0.3, 0.4) is 0 Å². The molecule has 1 atom stereocenters. The fourth-order valence-electron chi connectivity index (χ4n) is 3.16. The van der Waals surface area contributed by atoms with E-state index in [0.717, 1.165) is 0 Å². The molecule has 16 heteroatoms. The zero-order valence-electron chi connectivity index (χ0n) is 27.9. The number of nitrogens with one attached hydrogen (secondary N) is 3. The van der Waals surface area contributed by atoms with Gasteiger partial charge in [0.05, 0.1) is 106 Å². The largest absolute Gasteiger partial charge is 0.443 e. The van der Waals surface area contributed by atoms with Crippen LogP contribution in [-0.2, 0) is 52.2 Å². The van der Waals surface area contributed by atoms with Gasteiger partial charge < -0.3 is 53.7 Å². The standard InChI is InChI=1S/C29H58N4O12/c1-24(2)26(27(35)32-33-28(36)45-29(3,4)5)31-25(34)6-8-37-10-12-39-14-16-41-18-20-43-22-23-44-21-19-42-17-15-40-13-11-38-9-7-30/h24,26H,6-23,30H2,1-5H3,(H,31,34)(H,32,35)(H,33,36)/t26-/m0/s1. The molecular formula is C29H58N4O12. The van der Waals surface area contributed by atoms with Gasteiger partial charge in [0, 0.05) is 13.0 Å². The van der Waals surface area contributed by atoms with Crippen molar-refractivity contribution in [2.75, 3.05) is 112 Å². The third kappa shape index (κ3) is 30.3. The average Bonchev–Trinajstić information content (AvgIpc) is 2.97. The highest BCUT2D eigenvalue weighted by Crippen LogP contribution is 2.06. The molecule has 0 aliphatic rings. The molecule has 0 bridgehead atoms. The minimum Gasteiger partial charge on any atom is -0.443 e. The van der Waals surface area contributed by atoms with E-state index in [-0.39, 0.29) is 24.9 Å². The number of ether oxygens (including phenoxy) is 9. The molecule has 0 spiro atoms. The lowest BCUT2D eigenvalue weighted by Crippen LogP contribution is -2.55. The van der Waals surface area contributed by atoms with Crippen molar-refractivity contribution in [2.24, 2.45) is 11.7 Å². The van der Waals surface area contributed by atoms with Gasteiger partial charge in [0.1, 0.15) is 11.6 Å². The quantitative estimate of drug-likeness (QED) is 0.0630. The Bertz CT molecular complexity index is 741. The molecule has 0 rings (SSSR count). The van der Waals surface area contributed by atoms with Gasteiger partial charge in [0.15, 0.2) is 0 Å². The summed E-state index contributed by atoms with van der Waals surface area (Å²) in [4.78, 5) is 36.4. The minimum absolute atomic E-state index is 0.0698. The smallest absolute Gasteiger partial charge is 0.426 e. The Morgan fingerprint density at radius 2 is 0.933 bits per heavy atom. The van der Waals surface area contributed by atoms with E-state index in [4.69, 9.17) is 48.4 Å². The van der Waals surface area contributed by atoms with Crippen molar-refractivity contribution in [3.63, 3.8) is 0 Å². The Hall–Kier alpha value is -2.15. The molecule has 16 nitrogen and oxygen atoms in total. The number of carbonyl (C=O) groups is 3. The zero-order valence-corrected chi connectivity index (χ0v) is 27.9. The molecule has 266 valence electrons. The summed E-state index contributed by atoms with van der Waals surface area (Å²) >= 11 is 0. The maximum atomic E-state index is 12.4. The van der Waals surface area contributed by atoms with Gasteiger partial charge in [0.25, 0.3) is 5.91 Å². The van der Waals surface area contributed by atoms with Crippen LogP contribution in [0.1, 0.15) is 41.0 Å². The summed E-state index contributed by atoms with van der Waals surface area (Å²) in [6.45, 7) is 16.3. The lowest BCUT2D eigenvalue weighted by atomic mass is 10.0. The summed E-state index contributed by atoms with van der Waals surface area (Å²) in [5.74, 6) is -1.12. The van der Waals surface area contributed by atoms with E-state index in [1.807, 2.05) is 0 Å².